The second-order valence-electron chi connectivity index (χ2n) is 4.11. The number of amidine groups is 1. The Balaban J connectivity index is 2.22. The number of halogens is 1. The SMILES string of the molecule is Cc1cccnc1COc1cc(Cl)ccc1C(=N)N. The summed E-state index contributed by atoms with van der Waals surface area (Å²) in [6, 6.07) is 8.84. The summed E-state index contributed by atoms with van der Waals surface area (Å²) < 4.78 is 5.68. The van der Waals surface area contributed by atoms with Crippen LogP contribution in [0.4, 0.5) is 0 Å². The van der Waals surface area contributed by atoms with E-state index in [1.807, 2.05) is 19.1 Å². The van der Waals surface area contributed by atoms with Crippen LogP contribution in [-0.2, 0) is 6.61 Å². The highest BCUT2D eigenvalue weighted by atomic mass is 35.5. The molecular formula is C14H14ClN3O. The first kappa shape index (κ1) is 13.4. The third kappa shape index (κ3) is 3.23. The second-order valence-corrected chi connectivity index (χ2v) is 4.55. The molecule has 3 N–H and O–H groups in total. The van der Waals surface area contributed by atoms with Gasteiger partial charge in [0, 0.05) is 11.2 Å². The molecular weight excluding hydrogens is 262 g/mol. The molecule has 19 heavy (non-hydrogen) atoms. The van der Waals surface area contributed by atoms with E-state index in [1.165, 1.54) is 0 Å². The molecule has 0 aliphatic heterocycles. The first-order valence-corrected chi connectivity index (χ1v) is 6.13. The van der Waals surface area contributed by atoms with E-state index >= 15 is 0 Å². The maximum Gasteiger partial charge on any atom is 0.132 e. The van der Waals surface area contributed by atoms with Crippen LogP contribution in [0.2, 0.25) is 5.02 Å². The Morgan fingerprint density at radius 3 is 2.89 bits per heavy atom. The molecule has 5 heteroatoms. The Morgan fingerprint density at radius 2 is 2.21 bits per heavy atom. The third-order valence-electron chi connectivity index (χ3n) is 2.72. The van der Waals surface area contributed by atoms with Crippen molar-refractivity contribution >= 4 is 17.4 Å². The van der Waals surface area contributed by atoms with E-state index in [4.69, 9.17) is 27.5 Å². The lowest BCUT2D eigenvalue weighted by Gasteiger charge is -2.11. The number of aromatic nitrogens is 1. The van der Waals surface area contributed by atoms with E-state index in [9.17, 15) is 0 Å². The fourth-order valence-electron chi connectivity index (χ4n) is 1.65. The van der Waals surface area contributed by atoms with Crippen molar-refractivity contribution in [2.24, 2.45) is 5.73 Å². The Bertz CT molecular complexity index is 613. The van der Waals surface area contributed by atoms with Gasteiger partial charge in [0.2, 0.25) is 0 Å². The number of hydrogen-bond donors (Lipinski definition) is 2. The fraction of sp³-hybridized carbons (Fsp3) is 0.143. The summed E-state index contributed by atoms with van der Waals surface area (Å²) in [5, 5.41) is 8.05. The molecule has 2 rings (SSSR count). The smallest absolute Gasteiger partial charge is 0.132 e. The largest absolute Gasteiger partial charge is 0.486 e. The molecule has 0 atom stereocenters. The first-order valence-electron chi connectivity index (χ1n) is 5.75. The predicted molar refractivity (Wildman–Crippen MR) is 75.8 cm³/mol. The maximum atomic E-state index is 7.51. The van der Waals surface area contributed by atoms with Crippen molar-refractivity contribution in [2.75, 3.05) is 0 Å². The van der Waals surface area contributed by atoms with Crippen LogP contribution in [0.5, 0.6) is 5.75 Å². The molecule has 0 fully saturated rings. The van der Waals surface area contributed by atoms with Crippen LogP contribution in [-0.4, -0.2) is 10.8 Å². The van der Waals surface area contributed by atoms with Gasteiger partial charge < -0.3 is 10.5 Å². The number of benzene rings is 1. The van der Waals surface area contributed by atoms with Gasteiger partial charge >= 0.3 is 0 Å². The Kier molecular flexibility index (Phi) is 4.02. The van der Waals surface area contributed by atoms with Crippen molar-refractivity contribution in [3.05, 3.63) is 58.4 Å². The lowest BCUT2D eigenvalue weighted by molar-refractivity contribution is 0.300. The standard InChI is InChI=1S/C14H14ClN3O/c1-9-3-2-6-18-12(9)8-19-13-7-10(15)4-5-11(13)14(16)17/h2-7H,8H2,1H3,(H3,16,17). The van der Waals surface area contributed by atoms with Gasteiger partial charge in [0.25, 0.3) is 0 Å². The van der Waals surface area contributed by atoms with E-state index in [-0.39, 0.29) is 5.84 Å². The molecule has 0 saturated carbocycles. The normalized spacial score (nSPS) is 10.2. The zero-order valence-electron chi connectivity index (χ0n) is 10.5. The number of ether oxygens (including phenoxy) is 1. The van der Waals surface area contributed by atoms with E-state index in [0.29, 0.717) is 22.9 Å². The van der Waals surface area contributed by atoms with Gasteiger partial charge in [0.1, 0.15) is 18.2 Å². The lowest BCUT2D eigenvalue weighted by Crippen LogP contribution is -2.13. The molecule has 98 valence electrons. The molecule has 1 heterocycles. The number of nitrogens with one attached hydrogen (secondary N) is 1. The van der Waals surface area contributed by atoms with Gasteiger partial charge in [-0.3, -0.25) is 10.4 Å². The summed E-state index contributed by atoms with van der Waals surface area (Å²) in [5.74, 6) is 0.439. The first-order chi connectivity index (χ1) is 9.08. The van der Waals surface area contributed by atoms with Gasteiger partial charge in [-0.2, -0.15) is 0 Å². The number of hydrogen-bond acceptors (Lipinski definition) is 3. The molecule has 0 aliphatic carbocycles. The zero-order valence-corrected chi connectivity index (χ0v) is 11.2. The number of nitrogens with zero attached hydrogens (tertiary/aromatic N) is 1. The number of pyridine rings is 1. The van der Waals surface area contributed by atoms with Gasteiger partial charge in [0.05, 0.1) is 11.3 Å². The number of aryl methyl sites for hydroxylation is 1. The van der Waals surface area contributed by atoms with Crippen LogP contribution in [0.25, 0.3) is 0 Å². The molecule has 0 saturated heterocycles. The van der Waals surface area contributed by atoms with Crippen molar-refractivity contribution < 1.29 is 4.74 Å². The molecule has 0 unspecified atom stereocenters. The molecule has 0 aliphatic rings. The van der Waals surface area contributed by atoms with Crippen LogP contribution < -0.4 is 10.5 Å². The van der Waals surface area contributed by atoms with Gasteiger partial charge in [0.15, 0.2) is 0 Å². The van der Waals surface area contributed by atoms with Crippen molar-refractivity contribution in [1.29, 1.82) is 5.41 Å². The fourth-order valence-corrected chi connectivity index (χ4v) is 1.82. The van der Waals surface area contributed by atoms with Gasteiger partial charge in [-0.15, -0.1) is 0 Å². The van der Waals surface area contributed by atoms with E-state index < -0.39 is 0 Å². The minimum absolute atomic E-state index is 0.0515. The molecule has 1 aromatic heterocycles. The lowest BCUT2D eigenvalue weighted by atomic mass is 10.2. The summed E-state index contributed by atoms with van der Waals surface area (Å²) in [7, 11) is 0. The summed E-state index contributed by atoms with van der Waals surface area (Å²) >= 11 is 5.93. The van der Waals surface area contributed by atoms with Crippen LogP contribution in [0.15, 0.2) is 36.5 Å². The summed E-state index contributed by atoms with van der Waals surface area (Å²) in [5.41, 5.74) is 7.93. The van der Waals surface area contributed by atoms with Gasteiger partial charge in [-0.05, 0) is 36.8 Å². The zero-order chi connectivity index (χ0) is 13.8. The van der Waals surface area contributed by atoms with Crippen LogP contribution in [0.1, 0.15) is 16.8 Å². The minimum Gasteiger partial charge on any atom is -0.486 e. The van der Waals surface area contributed by atoms with Crippen molar-refractivity contribution in [3.63, 3.8) is 0 Å². The molecule has 2 aromatic rings. The Morgan fingerprint density at radius 1 is 1.42 bits per heavy atom. The van der Waals surface area contributed by atoms with Crippen LogP contribution in [0.3, 0.4) is 0 Å². The van der Waals surface area contributed by atoms with Crippen molar-refractivity contribution in [1.82, 2.24) is 4.98 Å². The van der Waals surface area contributed by atoms with E-state index in [1.54, 1.807) is 24.4 Å². The molecule has 0 amide bonds. The number of nitrogen functional groups attached to an aromatic ring is 1. The monoisotopic (exact) mass is 275 g/mol. The number of rotatable bonds is 4. The van der Waals surface area contributed by atoms with Crippen LogP contribution in [0, 0.1) is 12.3 Å². The Hall–Kier alpha value is -2.07. The van der Waals surface area contributed by atoms with Crippen LogP contribution >= 0.6 is 11.6 Å². The highest BCUT2D eigenvalue weighted by Crippen LogP contribution is 2.24. The molecule has 4 nitrogen and oxygen atoms in total. The third-order valence-corrected chi connectivity index (χ3v) is 2.95. The summed E-state index contributed by atoms with van der Waals surface area (Å²) in [4.78, 5) is 4.25. The Labute approximate surface area is 116 Å². The van der Waals surface area contributed by atoms with Gasteiger partial charge in [-0.25, -0.2) is 0 Å². The average molecular weight is 276 g/mol. The molecule has 0 bridgehead atoms. The highest BCUT2D eigenvalue weighted by molar-refractivity contribution is 6.30. The summed E-state index contributed by atoms with van der Waals surface area (Å²) in [6.07, 6.45) is 1.72. The molecule has 1 aromatic carbocycles. The quantitative estimate of drug-likeness (QED) is 0.666. The average Bonchev–Trinajstić information content (AvgIpc) is 2.37. The summed E-state index contributed by atoms with van der Waals surface area (Å²) in [6.45, 7) is 2.28. The predicted octanol–water partition coefficient (Wildman–Crippen LogP) is 2.91. The topological polar surface area (TPSA) is 72.0 Å². The molecule has 0 spiro atoms. The highest BCUT2D eigenvalue weighted by Gasteiger charge is 2.09. The minimum atomic E-state index is -0.0515. The van der Waals surface area contributed by atoms with E-state index in [2.05, 4.69) is 4.98 Å². The number of nitrogens with two attached hydrogens (primary N) is 1. The molecule has 0 radical (unpaired) electrons. The van der Waals surface area contributed by atoms with Crippen molar-refractivity contribution in [2.45, 2.75) is 13.5 Å². The second kappa shape index (κ2) is 5.71. The van der Waals surface area contributed by atoms with E-state index in [0.717, 1.165) is 11.3 Å². The van der Waals surface area contributed by atoms with Crippen molar-refractivity contribution in [3.8, 4) is 5.75 Å². The maximum absolute atomic E-state index is 7.51. The van der Waals surface area contributed by atoms with Gasteiger partial charge in [-0.1, -0.05) is 17.7 Å².